The van der Waals surface area contributed by atoms with Gasteiger partial charge in [0.1, 0.15) is 0 Å². The number of aliphatic imine (C=N–C) groups is 1. The third-order valence-electron chi connectivity index (χ3n) is 4.21. The summed E-state index contributed by atoms with van der Waals surface area (Å²) in [6.45, 7) is 3.60. The molecule has 1 saturated heterocycles. The van der Waals surface area contributed by atoms with Crippen LogP contribution >= 0.6 is 0 Å². The molecule has 0 N–H and O–H groups in total. The Hall–Kier alpha value is -1.19. The van der Waals surface area contributed by atoms with Crippen molar-refractivity contribution < 1.29 is 9.47 Å². The second-order valence-corrected chi connectivity index (χ2v) is 5.42. The summed E-state index contributed by atoms with van der Waals surface area (Å²) in [5, 5.41) is 0. The van der Waals surface area contributed by atoms with E-state index in [1.54, 1.807) is 0 Å². The molecule has 2 aliphatic heterocycles. The minimum atomic E-state index is -0.484. The zero-order valence-electron chi connectivity index (χ0n) is 10.7. The molecular weight excluding hydrogens is 226 g/mol. The van der Waals surface area contributed by atoms with Crippen molar-refractivity contribution in [1.29, 1.82) is 0 Å². The monoisotopic (exact) mass is 243 g/mol. The Kier molecular flexibility index (Phi) is 2.17. The summed E-state index contributed by atoms with van der Waals surface area (Å²) in [6, 6.07) is 0. The Balaban J connectivity index is 1.87. The number of fused-ring (bicyclic) bond motifs is 3. The molecular formula is C15H17NO2. The first-order chi connectivity index (χ1) is 8.78. The van der Waals surface area contributed by atoms with Crippen LogP contribution in [-0.2, 0) is 9.47 Å². The Morgan fingerprint density at radius 3 is 2.89 bits per heavy atom. The van der Waals surface area contributed by atoms with Crippen LogP contribution in [-0.4, -0.2) is 24.7 Å². The van der Waals surface area contributed by atoms with Gasteiger partial charge in [-0.2, -0.15) is 0 Å². The van der Waals surface area contributed by atoms with Crippen molar-refractivity contribution in [2.75, 3.05) is 13.2 Å². The minimum absolute atomic E-state index is 0.484. The first-order valence-corrected chi connectivity index (χ1v) is 6.74. The van der Waals surface area contributed by atoms with E-state index in [1.165, 1.54) is 22.4 Å². The summed E-state index contributed by atoms with van der Waals surface area (Å²) in [4.78, 5) is 4.78. The fraction of sp³-hybridized carbons (Fsp3) is 0.533. The van der Waals surface area contributed by atoms with Crippen molar-refractivity contribution in [3.05, 3.63) is 34.6 Å². The number of rotatable bonds is 0. The van der Waals surface area contributed by atoms with Crippen LogP contribution in [0, 0.1) is 0 Å². The molecule has 3 heteroatoms. The van der Waals surface area contributed by atoms with Gasteiger partial charge < -0.3 is 9.47 Å². The molecule has 4 rings (SSSR count). The van der Waals surface area contributed by atoms with Crippen molar-refractivity contribution in [1.82, 2.24) is 0 Å². The topological polar surface area (TPSA) is 30.8 Å². The average molecular weight is 243 g/mol. The zero-order chi connectivity index (χ0) is 12.2. The average Bonchev–Trinajstić information content (AvgIpc) is 2.95. The van der Waals surface area contributed by atoms with Crippen molar-refractivity contribution >= 4 is 5.71 Å². The van der Waals surface area contributed by atoms with Gasteiger partial charge in [-0.3, -0.25) is 4.99 Å². The van der Waals surface area contributed by atoms with Gasteiger partial charge in [-0.05, 0) is 25.3 Å². The molecule has 0 atom stereocenters. The number of ether oxygens (including phenoxy) is 2. The molecule has 0 aromatic heterocycles. The standard InChI is InChI=1S/C15H17NO2/c1-10-4-5-12-11(9-10)14-13(16-12)3-2-6-15(14)17-7-8-18-15/h3-4H,2,5-9H2,1H3. The first-order valence-electron chi connectivity index (χ1n) is 6.74. The van der Waals surface area contributed by atoms with Crippen LogP contribution in [0.15, 0.2) is 39.6 Å². The largest absolute Gasteiger partial charge is 0.343 e. The smallest absolute Gasteiger partial charge is 0.197 e. The highest BCUT2D eigenvalue weighted by Crippen LogP contribution is 2.47. The van der Waals surface area contributed by atoms with Gasteiger partial charge in [0, 0.05) is 24.1 Å². The molecule has 3 nitrogen and oxygen atoms in total. The second kappa shape index (κ2) is 3.65. The SMILES string of the molecule is CC1=CCC2=NC3=CCCC4(OCCO4)C3=C2C1. The first kappa shape index (κ1) is 10.7. The van der Waals surface area contributed by atoms with Gasteiger partial charge >= 0.3 is 0 Å². The van der Waals surface area contributed by atoms with Crippen LogP contribution in [0.2, 0.25) is 0 Å². The van der Waals surface area contributed by atoms with Crippen LogP contribution in [0.25, 0.3) is 0 Å². The molecule has 0 aromatic rings. The highest BCUT2D eigenvalue weighted by Gasteiger charge is 2.47. The summed E-state index contributed by atoms with van der Waals surface area (Å²) >= 11 is 0. The summed E-state index contributed by atoms with van der Waals surface area (Å²) in [5.41, 5.74) is 6.35. The summed E-state index contributed by atoms with van der Waals surface area (Å²) in [6.07, 6.45) is 8.40. The molecule has 18 heavy (non-hydrogen) atoms. The second-order valence-electron chi connectivity index (χ2n) is 5.42. The van der Waals surface area contributed by atoms with E-state index >= 15 is 0 Å². The van der Waals surface area contributed by atoms with E-state index < -0.39 is 5.79 Å². The van der Waals surface area contributed by atoms with E-state index in [9.17, 15) is 0 Å². The van der Waals surface area contributed by atoms with Gasteiger partial charge in [0.15, 0.2) is 5.79 Å². The number of hydrogen-bond donors (Lipinski definition) is 0. The Bertz CT molecular complexity index is 531. The third-order valence-corrected chi connectivity index (χ3v) is 4.21. The van der Waals surface area contributed by atoms with Crippen LogP contribution in [0.4, 0.5) is 0 Å². The van der Waals surface area contributed by atoms with Gasteiger partial charge in [0.2, 0.25) is 0 Å². The van der Waals surface area contributed by atoms with Crippen LogP contribution in [0.5, 0.6) is 0 Å². The number of allylic oxidation sites excluding steroid dienone is 4. The Morgan fingerprint density at radius 2 is 2.06 bits per heavy atom. The van der Waals surface area contributed by atoms with E-state index in [-0.39, 0.29) is 0 Å². The highest BCUT2D eigenvalue weighted by molar-refractivity contribution is 6.07. The lowest BCUT2D eigenvalue weighted by atomic mass is 9.84. The van der Waals surface area contributed by atoms with Crippen molar-refractivity contribution in [3.63, 3.8) is 0 Å². The third kappa shape index (κ3) is 1.35. The van der Waals surface area contributed by atoms with Crippen LogP contribution in [0.1, 0.15) is 32.6 Å². The molecule has 1 spiro atoms. The molecule has 2 aliphatic carbocycles. The maximum Gasteiger partial charge on any atom is 0.197 e. The highest BCUT2D eigenvalue weighted by atomic mass is 16.7. The van der Waals surface area contributed by atoms with E-state index in [4.69, 9.17) is 14.5 Å². The van der Waals surface area contributed by atoms with Gasteiger partial charge in [-0.15, -0.1) is 0 Å². The molecule has 0 saturated carbocycles. The molecule has 0 radical (unpaired) electrons. The lowest BCUT2D eigenvalue weighted by molar-refractivity contribution is -0.130. The maximum absolute atomic E-state index is 5.97. The predicted octanol–water partition coefficient (Wildman–Crippen LogP) is 2.90. The van der Waals surface area contributed by atoms with Gasteiger partial charge in [-0.25, -0.2) is 0 Å². The van der Waals surface area contributed by atoms with E-state index in [2.05, 4.69) is 19.1 Å². The number of hydrogen-bond acceptors (Lipinski definition) is 3. The lowest BCUT2D eigenvalue weighted by Gasteiger charge is -2.33. The Labute approximate surface area is 107 Å². The van der Waals surface area contributed by atoms with Crippen molar-refractivity contribution in [2.24, 2.45) is 4.99 Å². The molecule has 0 bridgehead atoms. The summed E-state index contributed by atoms with van der Waals surface area (Å²) < 4.78 is 11.9. The maximum atomic E-state index is 5.97. The normalized spacial score (nSPS) is 28.8. The van der Waals surface area contributed by atoms with Gasteiger partial charge in [0.25, 0.3) is 0 Å². The molecule has 94 valence electrons. The van der Waals surface area contributed by atoms with Crippen LogP contribution < -0.4 is 0 Å². The molecule has 0 aromatic carbocycles. The molecule has 0 amide bonds. The fourth-order valence-electron chi connectivity index (χ4n) is 3.39. The lowest BCUT2D eigenvalue weighted by Crippen LogP contribution is -2.35. The quantitative estimate of drug-likeness (QED) is 0.612. The van der Waals surface area contributed by atoms with E-state index in [1.807, 2.05) is 0 Å². The zero-order valence-corrected chi connectivity index (χ0v) is 10.7. The van der Waals surface area contributed by atoms with Crippen molar-refractivity contribution in [2.45, 2.75) is 38.4 Å². The van der Waals surface area contributed by atoms with Gasteiger partial charge in [0.05, 0.1) is 18.9 Å². The Morgan fingerprint density at radius 1 is 1.22 bits per heavy atom. The fourth-order valence-corrected chi connectivity index (χ4v) is 3.39. The van der Waals surface area contributed by atoms with E-state index in [0.29, 0.717) is 13.2 Å². The van der Waals surface area contributed by atoms with E-state index in [0.717, 1.165) is 31.4 Å². The molecule has 1 fully saturated rings. The van der Waals surface area contributed by atoms with Gasteiger partial charge in [-0.1, -0.05) is 17.7 Å². The predicted molar refractivity (Wildman–Crippen MR) is 69.4 cm³/mol. The molecule has 4 aliphatic rings. The summed E-state index contributed by atoms with van der Waals surface area (Å²) in [7, 11) is 0. The summed E-state index contributed by atoms with van der Waals surface area (Å²) in [5.74, 6) is -0.484. The minimum Gasteiger partial charge on any atom is -0.343 e. The van der Waals surface area contributed by atoms with Crippen LogP contribution in [0.3, 0.4) is 0 Å². The van der Waals surface area contributed by atoms with Crippen molar-refractivity contribution in [3.8, 4) is 0 Å². The molecule has 2 heterocycles. The molecule has 0 unspecified atom stereocenters. The number of nitrogens with zero attached hydrogens (tertiary/aromatic N) is 1.